The van der Waals surface area contributed by atoms with Crippen molar-refractivity contribution in [3.05, 3.63) is 29.8 Å². The molecule has 10 heavy (non-hydrogen) atoms. The van der Waals surface area contributed by atoms with E-state index in [1.807, 2.05) is 12.1 Å². The molecule has 1 aromatic carbocycles. The van der Waals surface area contributed by atoms with Crippen LogP contribution in [-0.2, 0) is 6.42 Å². The molecule has 0 saturated heterocycles. The molecule has 0 aromatic heterocycles. The molecular weight excluding hydrogens is 144 g/mol. The minimum atomic E-state index is 0.300. The Kier molecular flexibility index (Phi) is 2.40. The third-order valence-corrected chi connectivity index (χ3v) is 1.40. The van der Waals surface area contributed by atoms with Crippen LogP contribution < -0.4 is 0 Å². The second kappa shape index (κ2) is 3.32. The molecule has 2 heteroatoms. The monoisotopic (exact) mass is 152 g/mol. The van der Waals surface area contributed by atoms with Gasteiger partial charge in [0.25, 0.3) is 0 Å². The minimum Gasteiger partial charge on any atom is -0.508 e. The molecule has 0 spiro atoms. The molecule has 1 nitrogen and oxygen atoms in total. The highest BCUT2D eigenvalue weighted by atomic mass is 32.1. The fourth-order valence-corrected chi connectivity index (χ4v) is 0.972. The zero-order valence-corrected chi connectivity index (χ0v) is 6.27. The number of phenolic OH excluding ortho intramolecular Hbond substituents is 1. The van der Waals surface area contributed by atoms with Gasteiger partial charge in [-0.2, -0.15) is 0 Å². The Morgan fingerprint density at radius 2 is 2.30 bits per heavy atom. The summed E-state index contributed by atoms with van der Waals surface area (Å²) in [6, 6.07) is 7.10. The lowest BCUT2D eigenvalue weighted by Gasteiger charge is -1.94. The SMILES string of the molecule is Oc1cccc(CC=S)c1. The first-order valence-corrected chi connectivity index (χ1v) is 3.51. The van der Waals surface area contributed by atoms with Crippen molar-refractivity contribution in [3.8, 4) is 5.75 Å². The van der Waals surface area contributed by atoms with Crippen molar-refractivity contribution in [1.82, 2.24) is 0 Å². The van der Waals surface area contributed by atoms with Gasteiger partial charge in [-0.3, -0.25) is 0 Å². The van der Waals surface area contributed by atoms with Gasteiger partial charge in [0.2, 0.25) is 0 Å². The second-order valence-corrected chi connectivity index (χ2v) is 2.37. The Labute approximate surface area is 65.3 Å². The molecule has 0 fully saturated rings. The summed E-state index contributed by atoms with van der Waals surface area (Å²) in [5, 5.41) is 10.6. The molecule has 0 heterocycles. The Hall–Kier alpha value is -0.890. The Morgan fingerprint density at radius 3 is 2.90 bits per heavy atom. The molecule has 52 valence electrons. The van der Waals surface area contributed by atoms with Crippen molar-refractivity contribution in [2.45, 2.75) is 6.42 Å². The molecule has 0 bridgehead atoms. The minimum absolute atomic E-state index is 0.300. The molecule has 0 aliphatic heterocycles. The third kappa shape index (κ3) is 1.81. The van der Waals surface area contributed by atoms with E-state index in [0.717, 1.165) is 12.0 Å². The summed E-state index contributed by atoms with van der Waals surface area (Å²) in [6.45, 7) is 0. The first kappa shape index (κ1) is 7.22. The van der Waals surface area contributed by atoms with Gasteiger partial charge in [-0.05, 0) is 23.1 Å². The largest absolute Gasteiger partial charge is 0.508 e. The van der Waals surface area contributed by atoms with Crippen LogP contribution in [0.25, 0.3) is 0 Å². The lowest BCUT2D eigenvalue weighted by molar-refractivity contribution is 0.475. The van der Waals surface area contributed by atoms with Crippen LogP contribution in [0.15, 0.2) is 24.3 Å². The van der Waals surface area contributed by atoms with Gasteiger partial charge >= 0.3 is 0 Å². The third-order valence-electron chi connectivity index (χ3n) is 1.23. The quantitative estimate of drug-likeness (QED) is 0.653. The van der Waals surface area contributed by atoms with Crippen LogP contribution in [0.3, 0.4) is 0 Å². The summed E-state index contributed by atoms with van der Waals surface area (Å²) in [5.74, 6) is 0.300. The lowest BCUT2D eigenvalue weighted by Crippen LogP contribution is -1.81. The Bertz CT molecular complexity index is 232. The summed E-state index contributed by atoms with van der Waals surface area (Å²) >= 11 is 4.67. The van der Waals surface area contributed by atoms with Gasteiger partial charge in [0.15, 0.2) is 0 Å². The van der Waals surface area contributed by atoms with Crippen LogP contribution in [0, 0.1) is 0 Å². The van der Waals surface area contributed by atoms with E-state index < -0.39 is 0 Å². The van der Waals surface area contributed by atoms with E-state index in [1.165, 1.54) is 0 Å². The van der Waals surface area contributed by atoms with Crippen molar-refractivity contribution in [3.63, 3.8) is 0 Å². The van der Waals surface area contributed by atoms with Crippen molar-refractivity contribution in [2.75, 3.05) is 0 Å². The van der Waals surface area contributed by atoms with Crippen LogP contribution >= 0.6 is 12.2 Å². The van der Waals surface area contributed by atoms with Gasteiger partial charge in [-0.25, -0.2) is 0 Å². The Balaban J connectivity index is 2.84. The number of rotatable bonds is 2. The van der Waals surface area contributed by atoms with Crippen molar-refractivity contribution >= 4 is 17.6 Å². The van der Waals surface area contributed by atoms with Gasteiger partial charge in [0.1, 0.15) is 5.75 Å². The van der Waals surface area contributed by atoms with Gasteiger partial charge in [-0.1, -0.05) is 24.4 Å². The molecule has 0 atom stereocenters. The molecule has 0 radical (unpaired) electrons. The lowest BCUT2D eigenvalue weighted by atomic mass is 10.2. The highest BCUT2D eigenvalue weighted by Crippen LogP contribution is 2.10. The smallest absolute Gasteiger partial charge is 0.115 e. The van der Waals surface area contributed by atoms with Crippen LogP contribution in [0.5, 0.6) is 5.75 Å². The van der Waals surface area contributed by atoms with E-state index >= 15 is 0 Å². The molecule has 0 saturated carbocycles. The van der Waals surface area contributed by atoms with E-state index in [9.17, 15) is 0 Å². The number of hydrogen-bond acceptors (Lipinski definition) is 2. The van der Waals surface area contributed by atoms with Crippen molar-refractivity contribution in [1.29, 1.82) is 0 Å². The van der Waals surface area contributed by atoms with E-state index in [2.05, 4.69) is 12.2 Å². The molecule has 0 amide bonds. The maximum atomic E-state index is 8.99. The van der Waals surface area contributed by atoms with Crippen LogP contribution in [0.2, 0.25) is 0 Å². The van der Waals surface area contributed by atoms with Gasteiger partial charge in [0, 0.05) is 6.42 Å². The molecule has 0 aliphatic rings. The average molecular weight is 152 g/mol. The zero-order valence-electron chi connectivity index (χ0n) is 5.45. The number of thiocarbonyl (C=S) groups is 1. The molecule has 1 rings (SSSR count). The van der Waals surface area contributed by atoms with Gasteiger partial charge in [0.05, 0.1) is 0 Å². The number of phenols is 1. The number of aromatic hydroxyl groups is 1. The predicted octanol–water partition coefficient (Wildman–Crippen LogP) is 1.93. The normalized spacial score (nSPS) is 9.20. The molecule has 0 aliphatic carbocycles. The highest BCUT2D eigenvalue weighted by molar-refractivity contribution is 7.78. The molecule has 1 N–H and O–H groups in total. The molecule has 1 aromatic rings. The summed E-state index contributed by atoms with van der Waals surface area (Å²) in [6.07, 6.45) is 0.740. The fraction of sp³-hybridized carbons (Fsp3) is 0.125. The van der Waals surface area contributed by atoms with Crippen LogP contribution in [-0.4, -0.2) is 10.5 Å². The Morgan fingerprint density at radius 1 is 1.50 bits per heavy atom. The maximum absolute atomic E-state index is 8.99. The summed E-state index contributed by atoms with van der Waals surface area (Å²) in [5.41, 5.74) is 1.05. The van der Waals surface area contributed by atoms with Crippen molar-refractivity contribution in [2.24, 2.45) is 0 Å². The predicted molar refractivity (Wildman–Crippen MR) is 45.5 cm³/mol. The topological polar surface area (TPSA) is 20.2 Å². The molecular formula is C8H8OS. The average Bonchev–Trinajstić information content (AvgIpc) is 1.88. The fourth-order valence-electron chi connectivity index (χ4n) is 0.780. The highest BCUT2D eigenvalue weighted by Gasteiger charge is 1.89. The van der Waals surface area contributed by atoms with Crippen LogP contribution in [0.4, 0.5) is 0 Å². The summed E-state index contributed by atoms with van der Waals surface area (Å²) in [7, 11) is 0. The summed E-state index contributed by atoms with van der Waals surface area (Å²) < 4.78 is 0. The van der Waals surface area contributed by atoms with Crippen molar-refractivity contribution < 1.29 is 5.11 Å². The second-order valence-electron chi connectivity index (χ2n) is 2.04. The molecule has 0 unspecified atom stereocenters. The van der Waals surface area contributed by atoms with E-state index in [1.54, 1.807) is 17.5 Å². The maximum Gasteiger partial charge on any atom is 0.115 e. The summed E-state index contributed by atoms with van der Waals surface area (Å²) in [4.78, 5) is 0. The standard InChI is InChI=1S/C8H8OS/c9-8-3-1-2-7(6-8)4-5-10/h1-3,5-6,9H,4H2. The van der Waals surface area contributed by atoms with Crippen LogP contribution in [0.1, 0.15) is 5.56 Å². The van der Waals surface area contributed by atoms with E-state index in [-0.39, 0.29) is 0 Å². The van der Waals surface area contributed by atoms with Gasteiger partial charge < -0.3 is 5.11 Å². The first-order chi connectivity index (χ1) is 4.83. The first-order valence-electron chi connectivity index (χ1n) is 3.04. The number of hydrogen-bond donors (Lipinski definition) is 1. The van der Waals surface area contributed by atoms with E-state index in [4.69, 9.17) is 5.11 Å². The van der Waals surface area contributed by atoms with E-state index in [0.29, 0.717) is 5.75 Å². The zero-order chi connectivity index (χ0) is 7.40. The van der Waals surface area contributed by atoms with Gasteiger partial charge in [-0.15, -0.1) is 0 Å². The number of benzene rings is 1.